The van der Waals surface area contributed by atoms with Gasteiger partial charge in [-0.3, -0.25) is 0 Å². The lowest BCUT2D eigenvalue weighted by molar-refractivity contribution is 0.364. The fraction of sp³-hybridized carbons (Fsp3) is 0.579. The minimum Gasteiger partial charge on any atom is -0.0842 e. The van der Waals surface area contributed by atoms with Crippen LogP contribution in [0, 0.1) is 17.8 Å². The quantitative estimate of drug-likeness (QED) is 0.560. The van der Waals surface area contributed by atoms with Gasteiger partial charge in [0, 0.05) is 0 Å². The molecule has 0 heteroatoms. The summed E-state index contributed by atoms with van der Waals surface area (Å²) in [6.07, 6.45) is 23.9. The van der Waals surface area contributed by atoms with Crippen LogP contribution in [0.4, 0.5) is 0 Å². The van der Waals surface area contributed by atoms with Gasteiger partial charge in [0.25, 0.3) is 0 Å². The molecule has 104 valence electrons. The molecule has 0 N–H and O–H groups in total. The summed E-state index contributed by atoms with van der Waals surface area (Å²) in [6.45, 7) is 4.70. The van der Waals surface area contributed by atoms with E-state index in [1.807, 2.05) is 0 Å². The van der Waals surface area contributed by atoms with E-state index in [0.717, 1.165) is 17.8 Å². The molecule has 2 aliphatic rings. The van der Waals surface area contributed by atoms with Crippen molar-refractivity contribution in [3.05, 3.63) is 48.1 Å². The molecule has 0 spiro atoms. The van der Waals surface area contributed by atoms with Crippen molar-refractivity contribution in [2.24, 2.45) is 17.8 Å². The Balaban J connectivity index is 2.04. The summed E-state index contributed by atoms with van der Waals surface area (Å²) < 4.78 is 0. The van der Waals surface area contributed by atoms with Crippen molar-refractivity contribution in [3.8, 4) is 0 Å². The van der Waals surface area contributed by atoms with Crippen LogP contribution in [-0.2, 0) is 0 Å². The van der Waals surface area contributed by atoms with Gasteiger partial charge in [0.1, 0.15) is 0 Å². The fourth-order valence-electron chi connectivity index (χ4n) is 3.17. The third-order valence-corrected chi connectivity index (χ3v) is 4.72. The van der Waals surface area contributed by atoms with Crippen molar-refractivity contribution >= 4 is 0 Å². The second-order valence-corrected chi connectivity index (χ2v) is 6.12. The first kappa shape index (κ1) is 14.4. The van der Waals surface area contributed by atoms with E-state index in [0.29, 0.717) is 0 Å². The van der Waals surface area contributed by atoms with E-state index in [2.05, 4.69) is 56.4 Å². The second-order valence-electron chi connectivity index (χ2n) is 6.12. The fourth-order valence-corrected chi connectivity index (χ4v) is 3.17. The molecule has 0 nitrogen and oxygen atoms in total. The Morgan fingerprint density at radius 1 is 1.16 bits per heavy atom. The zero-order chi connectivity index (χ0) is 13.5. The van der Waals surface area contributed by atoms with E-state index in [9.17, 15) is 0 Å². The molecule has 0 radical (unpaired) electrons. The Morgan fingerprint density at radius 2 is 2.05 bits per heavy atom. The van der Waals surface area contributed by atoms with E-state index in [-0.39, 0.29) is 0 Å². The van der Waals surface area contributed by atoms with Crippen molar-refractivity contribution in [3.63, 3.8) is 0 Å². The van der Waals surface area contributed by atoms with Gasteiger partial charge in [-0.05, 0) is 43.4 Å². The van der Waals surface area contributed by atoms with Crippen LogP contribution < -0.4 is 0 Å². The molecule has 0 amide bonds. The molecule has 0 saturated heterocycles. The average Bonchev–Trinajstić information content (AvgIpc) is 2.49. The molecule has 0 bridgehead atoms. The summed E-state index contributed by atoms with van der Waals surface area (Å²) >= 11 is 0. The lowest BCUT2D eigenvalue weighted by Gasteiger charge is -2.29. The topological polar surface area (TPSA) is 0 Å². The van der Waals surface area contributed by atoms with Gasteiger partial charge in [0.15, 0.2) is 0 Å². The van der Waals surface area contributed by atoms with E-state index >= 15 is 0 Å². The zero-order valence-corrected chi connectivity index (χ0v) is 12.5. The molecule has 0 heterocycles. The van der Waals surface area contributed by atoms with E-state index < -0.39 is 0 Å². The molecule has 0 aromatic rings. The van der Waals surface area contributed by atoms with Crippen LogP contribution in [0.1, 0.15) is 52.4 Å². The Bertz CT molecular complexity index is 381. The van der Waals surface area contributed by atoms with Crippen molar-refractivity contribution in [2.45, 2.75) is 52.4 Å². The van der Waals surface area contributed by atoms with E-state index in [4.69, 9.17) is 0 Å². The van der Waals surface area contributed by atoms with Gasteiger partial charge in [0.05, 0.1) is 0 Å². The lowest BCUT2D eigenvalue weighted by atomic mass is 9.75. The van der Waals surface area contributed by atoms with Crippen LogP contribution in [0.5, 0.6) is 0 Å². The highest BCUT2D eigenvalue weighted by molar-refractivity contribution is 5.24. The Labute approximate surface area is 119 Å². The predicted molar refractivity (Wildman–Crippen MR) is 85.0 cm³/mol. The molecule has 19 heavy (non-hydrogen) atoms. The third-order valence-electron chi connectivity index (χ3n) is 4.72. The van der Waals surface area contributed by atoms with Crippen molar-refractivity contribution in [1.29, 1.82) is 0 Å². The van der Waals surface area contributed by atoms with Crippen LogP contribution >= 0.6 is 0 Å². The zero-order valence-electron chi connectivity index (χ0n) is 12.5. The van der Waals surface area contributed by atoms with E-state index in [1.165, 1.54) is 38.5 Å². The minimum atomic E-state index is 0.729. The van der Waals surface area contributed by atoms with Gasteiger partial charge < -0.3 is 0 Å². The van der Waals surface area contributed by atoms with Gasteiger partial charge >= 0.3 is 0 Å². The maximum atomic E-state index is 2.43. The summed E-state index contributed by atoms with van der Waals surface area (Å²) in [5.74, 6) is 2.36. The highest BCUT2D eigenvalue weighted by Gasteiger charge is 2.23. The molecule has 0 aliphatic heterocycles. The maximum absolute atomic E-state index is 2.43. The highest BCUT2D eigenvalue weighted by atomic mass is 14.3. The van der Waals surface area contributed by atoms with Gasteiger partial charge in [0.2, 0.25) is 0 Å². The standard InChI is InChI=1S/C19H28/c1-3-16(2)14-15-19(17-10-6-4-7-11-17)18-12-8-5-9-13-18/h4-8,10,12,16-17,19H,3,9,11,13-15H2,1-2H3. The molecule has 0 aromatic carbocycles. The highest BCUT2D eigenvalue weighted by Crippen LogP contribution is 2.35. The SMILES string of the molecule is CCC(C)CCC(C1=CC=CCC1)C1C=CC=CC1. The second kappa shape index (κ2) is 7.53. The Hall–Kier alpha value is -1.04. The molecule has 3 unspecified atom stereocenters. The maximum Gasteiger partial charge on any atom is -0.0130 e. The number of rotatable bonds is 6. The smallest absolute Gasteiger partial charge is 0.0130 e. The molecular weight excluding hydrogens is 228 g/mol. The monoisotopic (exact) mass is 256 g/mol. The first-order valence-electron chi connectivity index (χ1n) is 8.00. The minimum absolute atomic E-state index is 0.729. The Morgan fingerprint density at radius 3 is 2.68 bits per heavy atom. The van der Waals surface area contributed by atoms with Crippen LogP contribution in [0.25, 0.3) is 0 Å². The van der Waals surface area contributed by atoms with Crippen LogP contribution in [-0.4, -0.2) is 0 Å². The van der Waals surface area contributed by atoms with Gasteiger partial charge in [-0.1, -0.05) is 74.8 Å². The summed E-state index contributed by atoms with van der Waals surface area (Å²) in [7, 11) is 0. The molecule has 0 saturated carbocycles. The van der Waals surface area contributed by atoms with Gasteiger partial charge in [-0.2, -0.15) is 0 Å². The third kappa shape index (κ3) is 4.23. The predicted octanol–water partition coefficient (Wildman–Crippen LogP) is 5.84. The van der Waals surface area contributed by atoms with Gasteiger partial charge in [-0.15, -0.1) is 0 Å². The van der Waals surface area contributed by atoms with Crippen molar-refractivity contribution < 1.29 is 0 Å². The molecule has 0 fully saturated rings. The van der Waals surface area contributed by atoms with Crippen LogP contribution in [0.15, 0.2) is 48.1 Å². The summed E-state index contributed by atoms with van der Waals surface area (Å²) in [5, 5.41) is 0. The normalized spacial score (nSPS) is 25.2. The molecule has 3 atom stereocenters. The van der Waals surface area contributed by atoms with Crippen LogP contribution in [0.2, 0.25) is 0 Å². The molecular formula is C19H28. The lowest BCUT2D eigenvalue weighted by Crippen LogP contribution is -2.18. The number of hydrogen-bond donors (Lipinski definition) is 0. The molecule has 2 rings (SSSR count). The van der Waals surface area contributed by atoms with Crippen molar-refractivity contribution in [2.75, 3.05) is 0 Å². The number of hydrogen-bond acceptors (Lipinski definition) is 0. The molecule has 2 aliphatic carbocycles. The first-order valence-corrected chi connectivity index (χ1v) is 8.00. The van der Waals surface area contributed by atoms with Crippen molar-refractivity contribution in [1.82, 2.24) is 0 Å². The average molecular weight is 256 g/mol. The Kier molecular flexibility index (Phi) is 5.69. The molecule has 0 aromatic heterocycles. The number of allylic oxidation sites excluding steroid dienone is 8. The summed E-state index contributed by atoms with van der Waals surface area (Å²) in [6, 6.07) is 0. The summed E-state index contributed by atoms with van der Waals surface area (Å²) in [4.78, 5) is 0. The van der Waals surface area contributed by atoms with Crippen LogP contribution in [0.3, 0.4) is 0 Å². The van der Waals surface area contributed by atoms with E-state index in [1.54, 1.807) is 5.57 Å². The largest absolute Gasteiger partial charge is 0.0842 e. The van der Waals surface area contributed by atoms with Gasteiger partial charge in [-0.25, -0.2) is 0 Å². The first-order chi connectivity index (χ1) is 9.31. The summed E-state index contributed by atoms with van der Waals surface area (Å²) in [5.41, 5.74) is 1.69.